The van der Waals surface area contributed by atoms with Gasteiger partial charge in [-0.05, 0) is 24.3 Å². The molecule has 2 rings (SSSR count). The molecule has 0 aliphatic heterocycles. The normalized spacial score (nSPS) is 9.86. The average molecular weight is 286 g/mol. The van der Waals surface area contributed by atoms with Gasteiger partial charge in [0.25, 0.3) is 0 Å². The molecule has 0 aliphatic rings. The summed E-state index contributed by atoms with van der Waals surface area (Å²) in [7, 11) is 4.84. The Bertz CT molecular complexity index is 614. The van der Waals surface area contributed by atoms with E-state index in [0.29, 0.717) is 17.2 Å². The summed E-state index contributed by atoms with van der Waals surface area (Å²) in [4.78, 5) is 13.8. The van der Waals surface area contributed by atoms with Gasteiger partial charge < -0.3 is 14.8 Å². The van der Waals surface area contributed by atoms with E-state index >= 15 is 0 Å². The van der Waals surface area contributed by atoms with Crippen molar-refractivity contribution in [1.82, 2.24) is 0 Å². The van der Waals surface area contributed by atoms with Crippen LogP contribution in [0.2, 0.25) is 0 Å². The molecule has 110 valence electrons. The lowest BCUT2D eigenvalue weighted by molar-refractivity contribution is 0.258. The van der Waals surface area contributed by atoms with E-state index in [0.717, 1.165) is 5.69 Å². The van der Waals surface area contributed by atoms with Crippen LogP contribution in [0.3, 0.4) is 0 Å². The van der Waals surface area contributed by atoms with Crippen molar-refractivity contribution in [2.45, 2.75) is 0 Å². The number of hydrogen-bond acceptors (Lipinski definition) is 3. The van der Waals surface area contributed by atoms with Gasteiger partial charge in [-0.1, -0.05) is 18.2 Å². The second-order valence-electron chi connectivity index (χ2n) is 4.39. The van der Waals surface area contributed by atoms with Gasteiger partial charge in [0.05, 0.1) is 19.9 Å². The number of carbonyl (C=O) groups excluding carboxylic acids is 1. The number of hydrogen-bond donors (Lipinski definition) is 1. The summed E-state index contributed by atoms with van der Waals surface area (Å²) in [6.45, 7) is 0. The van der Waals surface area contributed by atoms with Gasteiger partial charge in [-0.25, -0.2) is 4.79 Å². The number of anilines is 2. The number of carbonyl (C=O) groups is 1. The van der Waals surface area contributed by atoms with Crippen LogP contribution in [0.5, 0.6) is 11.5 Å². The Labute approximate surface area is 124 Å². The summed E-state index contributed by atoms with van der Waals surface area (Å²) in [5.74, 6) is 1.21. The van der Waals surface area contributed by atoms with Crippen LogP contribution < -0.4 is 19.7 Å². The van der Waals surface area contributed by atoms with Crippen molar-refractivity contribution in [2.75, 3.05) is 31.5 Å². The monoisotopic (exact) mass is 286 g/mol. The van der Waals surface area contributed by atoms with E-state index in [1.165, 1.54) is 4.90 Å². The smallest absolute Gasteiger partial charge is 0.326 e. The third kappa shape index (κ3) is 3.45. The first-order valence-corrected chi connectivity index (χ1v) is 6.47. The fourth-order valence-corrected chi connectivity index (χ4v) is 1.87. The van der Waals surface area contributed by atoms with E-state index in [9.17, 15) is 4.79 Å². The van der Waals surface area contributed by atoms with Crippen LogP contribution in [0.1, 0.15) is 0 Å². The number of methoxy groups -OCH3 is 2. The van der Waals surface area contributed by atoms with Crippen LogP contribution in [0.4, 0.5) is 16.2 Å². The molecule has 0 spiro atoms. The molecule has 0 saturated heterocycles. The minimum absolute atomic E-state index is 0.246. The molecule has 2 amide bonds. The molecule has 0 bridgehead atoms. The van der Waals surface area contributed by atoms with E-state index in [4.69, 9.17) is 9.47 Å². The zero-order valence-corrected chi connectivity index (χ0v) is 12.3. The topological polar surface area (TPSA) is 50.8 Å². The Morgan fingerprint density at radius 2 is 1.76 bits per heavy atom. The van der Waals surface area contributed by atoms with Crippen molar-refractivity contribution in [2.24, 2.45) is 0 Å². The van der Waals surface area contributed by atoms with Gasteiger partial charge in [0.2, 0.25) is 0 Å². The lowest BCUT2D eigenvalue weighted by Crippen LogP contribution is -2.31. The lowest BCUT2D eigenvalue weighted by atomic mass is 10.2. The Morgan fingerprint density at radius 3 is 2.38 bits per heavy atom. The quantitative estimate of drug-likeness (QED) is 0.937. The summed E-state index contributed by atoms with van der Waals surface area (Å²) in [5, 5.41) is 2.82. The summed E-state index contributed by atoms with van der Waals surface area (Å²) in [5.41, 5.74) is 1.40. The van der Waals surface area contributed by atoms with Crippen LogP contribution in [-0.2, 0) is 0 Å². The zero-order chi connectivity index (χ0) is 15.2. The summed E-state index contributed by atoms with van der Waals surface area (Å²) in [6, 6.07) is 14.4. The van der Waals surface area contributed by atoms with E-state index < -0.39 is 0 Å². The standard InChI is InChI=1S/C16H18N2O3/c1-18(12-7-5-4-6-8-12)16(19)17-14-10-9-13(20-2)11-15(14)21-3/h4-11H,1-3H3,(H,17,19). The highest BCUT2D eigenvalue weighted by Gasteiger charge is 2.13. The van der Waals surface area contributed by atoms with Gasteiger partial charge in [-0.15, -0.1) is 0 Å². The molecule has 0 radical (unpaired) electrons. The summed E-state index contributed by atoms with van der Waals surface area (Å²) < 4.78 is 10.4. The number of urea groups is 1. The Balaban J connectivity index is 2.16. The fourth-order valence-electron chi connectivity index (χ4n) is 1.87. The molecule has 21 heavy (non-hydrogen) atoms. The average Bonchev–Trinajstić information content (AvgIpc) is 2.55. The minimum atomic E-state index is -0.246. The Kier molecular flexibility index (Phi) is 4.66. The third-order valence-electron chi connectivity index (χ3n) is 3.10. The van der Waals surface area contributed by atoms with Gasteiger partial charge in [-0.3, -0.25) is 4.90 Å². The highest BCUT2D eigenvalue weighted by molar-refractivity contribution is 6.02. The van der Waals surface area contributed by atoms with Gasteiger partial charge in [0.1, 0.15) is 11.5 Å². The van der Waals surface area contributed by atoms with Crippen LogP contribution in [0.15, 0.2) is 48.5 Å². The maximum absolute atomic E-state index is 12.3. The first-order valence-electron chi connectivity index (χ1n) is 6.47. The van der Waals surface area contributed by atoms with Crippen molar-refractivity contribution in [3.8, 4) is 11.5 Å². The molecule has 0 unspecified atom stereocenters. The van der Waals surface area contributed by atoms with Gasteiger partial charge in [-0.2, -0.15) is 0 Å². The molecule has 0 fully saturated rings. The van der Waals surface area contributed by atoms with Crippen molar-refractivity contribution < 1.29 is 14.3 Å². The molecule has 0 atom stereocenters. The number of ether oxygens (including phenoxy) is 2. The Morgan fingerprint density at radius 1 is 1.05 bits per heavy atom. The number of para-hydroxylation sites is 1. The van der Waals surface area contributed by atoms with Gasteiger partial charge in [0, 0.05) is 18.8 Å². The van der Waals surface area contributed by atoms with E-state index in [2.05, 4.69) is 5.32 Å². The number of amides is 2. The zero-order valence-electron chi connectivity index (χ0n) is 12.3. The van der Waals surface area contributed by atoms with Crippen LogP contribution >= 0.6 is 0 Å². The highest BCUT2D eigenvalue weighted by Crippen LogP contribution is 2.29. The molecule has 5 nitrogen and oxygen atoms in total. The number of nitrogens with zero attached hydrogens (tertiary/aromatic N) is 1. The molecule has 2 aromatic carbocycles. The van der Waals surface area contributed by atoms with Crippen LogP contribution in [0.25, 0.3) is 0 Å². The second kappa shape index (κ2) is 6.65. The maximum Gasteiger partial charge on any atom is 0.326 e. The molecule has 0 saturated carbocycles. The molecule has 5 heteroatoms. The summed E-state index contributed by atoms with van der Waals surface area (Å²) >= 11 is 0. The molecule has 0 aliphatic carbocycles. The third-order valence-corrected chi connectivity index (χ3v) is 3.10. The fraction of sp³-hybridized carbons (Fsp3) is 0.188. The summed E-state index contributed by atoms with van der Waals surface area (Å²) in [6.07, 6.45) is 0. The van der Waals surface area contributed by atoms with Crippen molar-refractivity contribution >= 4 is 17.4 Å². The Hall–Kier alpha value is -2.69. The second-order valence-corrected chi connectivity index (χ2v) is 4.39. The number of nitrogens with one attached hydrogen (secondary N) is 1. The molecule has 2 aromatic rings. The maximum atomic E-state index is 12.3. The minimum Gasteiger partial charge on any atom is -0.497 e. The van der Waals surface area contributed by atoms with Crippen molar-refractivity contribution in [3.05, 3.63) is 48.5 Å². The largest absolute Gasteiger partial charge is 0.497 e. The first kappa shape index (κ1) is 14.7. The molecule has 1 N–H and O–H groups in total. The van der Waals surface area contributed by atoms with E-state index in [1.54, 1.807) is 39.5 Å². The predicted molar refractivity (Wildman–Crippen MR) is 83.4 cm³/mol. The van der Waals surface area contributed by atoms with Gasteiger partial charge in [0.15, 0.2) is 0 Å². The molecular weight excluding hydrogens is 268 g/mol. The predicted octanol–water partition coefficient (Wildman–Crippen LogP) is 3.37. The SMILES string of the molecule is COc1ccc(NC(=O)N(C)c2ccccc2)c(OC)c1. The van der Waals surface area contributed by atoms with Crippen molar-refractivity contribution in [1.29, 1.82) is 0 Å². The van der Waals surface area contributed by atoms with E-state index in [-0.39, 0.29) is 6.03 Å². The molecular formula is C16H18N2O3. The first-order chi connectivity index (χ1) is 10.2. The molecule has 0 heterocycles. The van der Waals surface area contributed by atoms with E-state index in [1.807, 2.05) is 30.3 Å². The number of benzene rings is 2. The lowest BCUT2D eigenvalue weighted by Gasteiger charge is -2.19. The van der Waals surface area contributed by atoms with Gasteiger partial charge >= 0.3 is 6.03 Å². The highest BCUT2D eigenvalue weighted by atomic mass is 16.5. The van der Waals surface area contributed by atoms with Crippen LogP contribution in [-0.4, -0.2) is 27.3 Å². The van der Waals surface area contributed by atoms with Crippen LogP contribution in [0, 0.1) is 0 Å². The molecule has 0 aromatic heterocycles. The van der Waals surface area contributed by atoms with Crippen molar-refractivity contribution in [3.63, 3.8) is 0 Å². The number of rotatable bonds is 4.